The molecule has 1 rings (SSSR count). The molecule has 0 fully saturated rings. The highest BCUT2D eigenvalue weighted by atomic mass is 32.2. The first-order valence-electron chi connectivity index (χ1n) is 5.84. The third kappa shape index (κ3) is 3.44. The van der Waals surface area contributed by atoms with E-state index in [0.717, 1.165) is 11.1 Å². The molecule has 5 nitrogen and oxygen atoms in total. The molecule has 6 heteroatoms. The predicted octanol–water partition coefficient (Wildman–Crippen LogP) is 0.686. The number of likely N-dealkylation sites (N-methyl/N-ethyl adjacent to an activating group) is 1. The number of aryl methyl sites for hydroxylation is 1. The molecule has 1 unspecified atom stereocenters. The van der Waals surface area contributed by atoms with Crippen LogP contribution in [0, 0.1) is 6.92 Å². The van der Waals surface area contributed by atoms with Gasteiger partial charge in [-0.25, -0.2) is 8.42 Å². The molecule has 18 heavy (non-hydrogen) atoms. The van der Waals surface area contributed by atoms with Crippen LogP contribution in [-0.2, 0) is 16.4 Å². The van der Waals surface area contributed by atoms with Gasteiger partial charge in [-0.05, 0) is 37.1 Å². The van der Waals surface area contributed by atoms with Crippen LogP contribution in [0.25, 0.3) is 0 Å². The summed E-state index contributed by atoms with van der Waals surface area (Å²) in [5.74, 6) is 0.0535. The standard InChI is InChI=1S/C12H21N3O2S/c1-4-18(16,17)15(3)12(14)8-10-5-6-11(13)7-9(10)2/h5-7,12H,4,8,13-14H2,1-3H3. The Kier molecular flexibility index (Phi) is 4.72. The Labute approximate surface area is 109 Å². The fraction of sp³-hybridized carbons (Fsp3) is 0.500. The summed E-state index contributed by atoms with van der Waals surface area (Å²) >= 11 is 0. The number of benzene rings is 1. The lowest BCUT2D eigenvalue weighted by Gasteiger charge is -2.24. The van der Waals surface area contributed by atoms with Gasteiger partial charge in [-0.2, -0.15) is 4.31 Å². The molecule has 1 atom stereocenters. The third-order valence-corrected chi connectivity index (χ3v) is 4.94. The fourth-order valence-electron chi connectivity index (χ4n) is 1.71. The molecule has 0 saturated carbocycles. The Morgan fingerprint density at radius 1 is 1.39 bits per heavy atom. The second kappa shape index (κ2) is 5.69. The smallest absolute Gasteiger partial charge is 0.214 e. The van der Waals surface area contributed by atoms with Crippen molar-refractivity contribution in [2.45, 2.75) is 26.4 Å². The van der Waals surface area contributed by atoms with E-state index < -0.39 is 16.2 Å². The molecule has 0 aliphatic heterocycles. The number of hydrogen-bond acceptors (Lipinski definition) is 4. The molecule has 0 heterocycles. The van der Waals surface area contributed by atoms with Crippen LogP contribution in [0.3, 0.4) is 0 Å². The molecule has 1 aromatic carbocycles. The van der Waals surface area contributed by atoms with Crippen molar-refractivity contribution < 1.29 is 8.42 Å². The number of nitrogens with zero attached hydrogens (tertiary/aromatic N) is 1. The lowest BCUT2D eigenvalue weighted by molar-refractivity contribution is 0.373. The van der Waals surface area contributed by atoms with Gasteiger partial charge in [-0.15, -0.1) is 0 Å². The van der Waals surface area contributed by atoms with Gasteiger partial charge < -0.3 is 11.5 Å². The Bertz CT molecular complexity index is 514. The van der Waals surface area contributed by atoms with E-state index in [0.29, 0.717) is 12.1 Å². The molecule has 102 valence electrons. The normalized spacial score (nSPS) is 13.8. The van der Waals surface area contributed by atoms with Crippen LogP contribution in [0.5, 0.6) is 0 Å². The van der Waals surface area contributed by atoms with E-state index in [4.69, 9.17) is 11.5 Å². The molecule has 0 radical (unpaired) electrons. The van der Waals surface area contributed by atoms with Crippen LogP contribution in [0.4, 0.5) is 5.69 Å². The molecule has 1 aromatic rings. The van der Waals surface area contributed by atoms with Crippen LogP contribution >= 0.6 is 0 Å². The van der Waals surface area contributed by atoms with Gasteiger partial charge in [-0.3, -0.25) is 0 Å². The van der Waals surface area contributed by atoms with Crippen molar-refractivity contribution in [2.24, 2.45) is 5.73 Å². The summed E-state index contributed by atoms with van der Waals surface area (Å²) in [6, 6.07) is 5.54. The topological polar surface area (TPSA) is 89.4 Å². The van der Waals surface area contributed by atoms with Crippen molar-refractivity contribution in [1.82, 2.24) is 4.31 Å². The lowest BCUT2D eigenvalue weighted by atomic mass is 10.0. The first kappa shape index (κ1) is 14.9. The second-order valence-electron chi connectivity index (χ2n) is 4.37. The molecule has 0 bridgehead atoms. The summed E-state index contributed by atoms with van der Waals surface area (Å²) in [6.45, 7) is 3.54. The zero-order valence-electron chi connectivity index (χ0n) is 11.1. The molecule has 0 saturated heterocycles. The molecule has 0 amide bonds. The molecule has 0 spiro atoms. The van der Waals surface area contributed by atoms with Gasteiger partial charge in [0.05, 0.1) is 11.9 Å². The molecule has 0 aliphatic rings. The Morgan fingerprint density at radius 2 is 2.00 bits per heavy atom. The van der Waals surface area contributed by atoms with Crippen LogP contribution < -0.4 is 11.5 Å². The monoisotopic (exact) mass is 271 g/mol. The van der Waals surface area contributed by atoms with Crippen LogP contribution in [0.15, 0.2) is 18.2 Å². The molecule has 4 N–H and O–H groups in total. The highest BCUT2D eigenvalue weighted by molar-refractivity contribution is 7.89. The molecular weight excluding hydrogens is 250 g/mol. The van der Waals surface area contributed by atoms with Gasteiger partial charge >= 0.3 is 0 Å². The fourth-order valence-corrected chi connectivity index (χ4v) is 2.61. The van der Waals surface area contributed by atoms with E-state index >= 15 is 0 Å². The van der Waals surface area contributed by atoms with Gasteiger partial charge in [0.15, 0.2) is 0 Å². The zero-order chi connectivity index (χ0) is 13.9. The van der Waals surface area contributed by atoms with Crippen molar-refractivity contribution in [1.29, 1.82) is 0 Å². The van der Waals surface area contributed by atoms with Crippen LogP contribution in [0.2, 0.25) is 0 Å². The van der Waals surface area contributed by atoms with E-state index in [1.54, 1.807) is 13.0 Å². The quantitative estimate of drug-likeness (QED) is 0.609. The van der Waals surface area contributed by atoms with Gasteiger partial charge in [-0.1, -0.05) is 6.07 Å². The first-order chi connectivity index (χ1) is 8.27. The summed E-state index contributed by atoms with van der Waals surface area (Å²) in [5, 5.41) is 0. The number of nitrogens with two attached hydrogens (primary N) is 2. The summed E-state index contributed by atoms with van der Waals surface area (Å²) in [7, 11) is -1.74. The second-order valence-corrected chi connectivity index (χ2v) is 6.69. The van der Waals surface area contributed by atoms with Gasteiger partial charge in [0.2, 0.25) is 10.0 Å². The molecule has 0 aliphatic carbocycles. The first-order valence-corrected chi connectivity index (χ1v) is 7.45. The minimum atomic E-state index is -3.25. The Hall–Kier alpha value is -1.11. The number of anilines is 1. The number of hydrogen-bond donors (Lipinski definition) is 2. The van der Waals surface area contributed by atoms with Crippen LogP contribution in [0.1, 0.15) is 18.1 Å². The summed E-state index contributed by atoms with van der Waals surface area (Å²) < 4.78 is 24.6. The van der Waals surface area contributed by atoms with Gasteiger partial charge in [0, 0.05) is 19.2 Å². The van der Waals surface area contributed by atoms with E-state index in [2.05, 4.69) is 0 Å². The third-order valence-electron chi connectivity index (χ3n) is 3.07. The van der Waals surface area contributed by atoms with Crippen molar-refractivity contribution >= 4 is 15.7 Å². The summed E-state index contributed by atoms with van der Waals surface area (Å²) in [5.41, 5.74) is 14.3. The lowest BCUT2D eigenvalue weighted by Crippen LogP contribution is -2.45. The maximum Gasteiger partial charge on any atom is 0.214 e. The zero-order valence-corrected chi connectivity index (χ0v) is 11.9. The predicted molar refractivity (Wildman–Crippen MR) is 74.5 cm³/mol. The van der Waals surface area contributed by atoms with E-state index in [1.807, 2.05) is 19.1 Å². The summed E-state index contributed by atoms with van der Waals surface area (Å²) in [6.07, 6.45) is -0.0840. The maximum atomic E-state index is 11.7. The van der Waals surface area contributed by atoms with Gasteiger partial charge in [0.25, 0.3) is 0 Å². The number of nitrogen functional groups attached to an aromatic ring is 1. The molecular formula is C12H21N3O2S. The maximum absolute atomic E-state index is 11.7. The Morgan fingerprint density at radius 3 is 2.50 bits per heavy atom. The number of rotatable bonds is 5. The minimum absolute atomic E-state index is 0.0535. The van der Waals surface area contributed by atoms with Crippen molar-refractivity contribution in [3.63, 3.8) is 0 Å². The SMILES string of the molecule is CCS(=O)(=O)N(C)C(N)Cc1ccc(N)cc1C. The van der Waals surface area contributed by atoms with Crippen LogP contribution in [-0.4, -0.2) is 31.7 Å². The van der Waals surface area contributed by atoms with Crippen molar-refractivity contribution in [3.8, 4) is 0 Å². The Balaban J connectivity index is 2.85. The van der Waals surface area contributed by atoms with Crippen molar-refractivity contribution in [2.75, 3.05) is 18.5 Å². The largest absolute Gasteiger partial charge is 0.399 e. The van der Waals surface area contributed by atoms with E-state index in [-0.39, 0.29) is 5.75 Å². The van der Waals surface area contributed by atoms with E-state index in [9.17, 15) is 8.42 Å². The average molecular weight is 271 g/mol. The van der Waals surface area contributed by atoms with E-state index in [1.165, 1.54) is 11.4 Å². The highest BCUT2D eigenvalue weighted by Gasteiger charge is 2.22. The van der Waals surface area contributed by atoms with Gasteiger partial charge in [0.1, 0.15) is 0 Å². The van der Waals surface area contributed by atoms with Crippen molar-refractivity contribution in [3.05, 3.63) is 29.3 Å². The molecule has 0 aromatic heterocycles. The minimum Gasteiger partial charge on any atom is -0.399 e. The average Bonchev–Trinajstić information content (AvgIpc) is 2.31. The number of sulfonamides is 1. The summed E-state index contributed by atoms with van der Waals surface area (Å²) in [4.78, 5) is 0. The highest BCUT2D eigenvalue weighted by Crippen LogP contribution is 2.15.